The lowest BCUT2D eigenvalue weighted by Crippen LogP contribution is -2.08. The van der Waals surface area contributed by atoms with Crippen LogP contribution in [0.4, 0.5) is 0 Å². The predicted octanol–water partition coefficient (Wildman–Crippen LogP) is 4.87. The van der Waals surface area contributed by atoms with E-state index in [0.29, 0.717) is 11.5 Å². The largest absolute Gasteiger partial charge is 0.462 e. The zero-order valence-electron chi connectivity index (χ0n) is 12.9. The summed E-state index contributed by atoms with van der Waals surface area (Å²) >= 11 is 4.63. The van der Waals surface area contributed by atoms with Gasteiger partial charge in [0, 0.05) is 10.8 Å². The summed E-state index contributed by atoms with van der Waals surface area (Å²) in [7, 11) is 0. The van der Waals surface area contributed by atoms with Crippen molar-refractivity contribution < 1.29 is 13.9 Å². The van der Waals surface area contributed by atoms with E-state index in [4.69, 9.17) is 9.15 Å². The topological polar surface area (TPSA) is 65.2 Å². The van der Waals surface area contributed by atoms with Crippen LogP contribution in [-0.4, -0.2) is 15.9 Å². The Morgan fingerprint density at radius 2 is 1.88 bits per heavy atom. The van der Waals surface area contributed by atoms with E-state index in [9.17, 15) is 4.79 Å². The van der Waals surface area contributed by atoms with E-state index in [1.165, 1.54) is 22.7 Å². The fourth-order valence-corrected chi connectivity index (χ4v) is 4.55. The number of hydrogen-bond acceptors (Lipinski definition) is 8. The molecule has 5 nitrogen and oxygen atoms in total. The van der Waals surface area contributed by atoms with Crippen molar-refractivity contribution in [3.63, 3.8) is 0 Å². The predicted molar refractivity (Wildman–Crippen MR) is 98.7 cm³/mol. The number of carbonyl (C=O) groups is 1. The molecule has 0 aliphatic carbocycles. The molecular formula is C17H12N2O3S3. The molecule has 0 spiro atoms. The zero-order valence-corrected chi connectivity index (χ0v) is 15.3. The molecule has 4 rings (SSSR count). The summed E-state index contributed by atoms with van der Waals surface area (Å²) in [5, 5.41) is 7.48. The van der Waals surface area contributed by atoms with Crippen molar-refractivity contribution in [3.8, 4) is 20.7 Å². The molecule has 8 heteroatoms. The van der Waals surface area contributed by atoms with Crippen molar-refractivity contribution in [1.29, 1.82) is 0 Å². The summed E-state index contributed by atoms with van der Waals surface area (Å²) in [5.41, 5.74) is 1.44. The molecule has 0 aromatic carbocycles. The van der Waals surface area contributed by atoms with Crippen LogP contribution in [-0.2, 0) is 22.6 Å². The highest BCUT2D eigenvalue weighted by atomic mass is 32.1. The van der Waals surface area contributed by atoms with Crippen LogP contribution in [0.5, 0.6) is 0 Å². The van der Waals surface area contributed by atoms with Gasteiger partial charge < -0.3 is 9.15 Å². The van der Waals surface area contributed by atoms with Gasteiger partial charge in [-0.2, -0.15) is 0 Å². The first-order valence-corrected chi connectivity index (χ1v) is 10.0. The average Bonchev–Trinajstić information content (AvgIpc) is 3.40. The van der Waals surface area contributed by atoms with E-state index in [0.717, 1.165) is 20.6 Å². The highest BCUT2D eigenvalue weighted by molar-refractivity contribution is 7.20. The number of thiazole rings is 2. The van der Waals surface area contributed by atoms with Crippen LogP contribution in [0.2, 0.25) is 0 Å². The van der Waals surface area contributed by atoms with Gasteiger partial charge in [0.2, 0.25) is 0 Å². The number of thiophene rings is 1. The maximum Gasteiger partial charge on any atom is 0.312 e. The highest BCUT2D eigenvalue weighted by Gasteiger charge is 2.12. The van der Waals surface area contributed by atoms with Crippen LogP contribution in [0.3, 0.4) is 0 Å². The summed E-state index contributed by atoms with van der Waals surface area (Å²) in [6.07, 6.45) is 1.77. The van der Waals surface area contributed by atoms with Gasteiger partial charge in [0.1, 0.15) is 11.6 Å². The molecule has 4 aromatic rings. The van der Waals surface area contributed by atoms with Gasteiger partial charge in [-0.1, -0.05) is 6.07 Å². The minimum Gasteiger partial charge on any atom is -0.462 e. The maximum atomic E-state index is 12.0. The summed E-state index contributed by atoms with van der Waals surface area (Å²) in [5.74, 6) is 0.404. The van der Waals surface area contributed by atoms with E-state index >= 15 is 0 Å². The maximum absolute atomic E-state index is 12.0. The Morgan fingerprint density at radius 3 is 2.68 bits per heavy atom. The second-order valence-electron chi connectivity index (χ2n) is 5.08. The number of esters is 1. The smallest absolute Gasteiger partial charge is 0.312 e. The second kappa shape index (κ2) is 7.30. The van der Waals surface area contributed by atoms with Crippen molar-refractivity contribution in [2.24, 2.45) is 0 Å². The van der Waals surface area contributed by atoms with Crippen molar-refractivity contribution in [1.82, 2.24) is 9.97 Å². The summed E-state index contributed by atoms with van der Waals surface area (Å²) in [6.45, 7) is 0.151. The van der Waals surface area contributed by atoms with Gasteiger partial charge in [-0.05, 0) is 23.6 Å². The molecule has 4 heterocycles. The molecule has 0 bridgehead atoms. The van der Waals surface area contributed by atoms with Crippen molar-refractivity contribution in [2.75, 3.05) is 0 Å². The molecule has 0 saturated carbocycles. The Balaban J connectivity index is 1.32. The highest BCUT2D eigenvalue weighted by Crippen LogP contribution is 2.28. The fraction of sp³-hybridized carbons (Fsp3) is 0.118. The summed E-state index contributed by atoms with van der Waals surface area (Å²) in [6, 6.07) is 7.67. The van der Waals surface area contributed by atoms with Gasteiger partial charge in [-0.15, -0.1) is 34.0 Å². The normalized spacial score (nSPS) is 10.9. The number of furan rings is 1. The van der Waals surface area contributed by atoms with Crippen LogP contribution >= 0.6 is 34.0 Å². The lowest BCUT2D eigenvalue weighted by atomic mass is 10.3. The molecular weight excluding hydrogens is 376 g/mol. The third kappa shape index (κ3) is 3.87. The molecule has 0 fully saturated rings. The van der Waals surface area contributed by atoms with E-state index in [2.05, 4.69) is 9.97 Å². The number of hydrogen-bond donors (Lipinski definition) is 0. The van der Waals surface area contributed by atoms with E-state index in [1.807, 2.05) is 40.4 Å². The molecule has 0 amide bonds. The number of rotatable bonds is 6. The first-order chi connectivity index (χ1) is 12.3. The Labute approximate surface area is 155 Å². The quantitative estimate of drug-likeness (QED) is 0.441. The standard InChI is InChI=1S/C17H12N2O3S3/c20-15(7-11-9-25-17(18-11)14-4-2-6-23-14)22-8-12-10-24-16(19-12)13-3-1-5-21-13/h1-6,9-10H,7-8H2. The van der Waals surface area contributed by atoms with Gasteiger partial charge in [0.05, 0.1) is 28.9 Å². The molecule has 0 unspecified atom stereocenters. The molecule has 0 aliphatic heterocycles. The molecule has 25 heavy (non-hydrogen) atoms. The van der Waals surface area contributed by atoms with Gasteiger partial charge in [0.25, 0.3) is 0 Å². The Bertz CT molecular complexity index is 955. The third-order valence-electron chi connectivity index (χ3n) is 3.27. The molecule has 126 valence electrons. The van der Waals surface area contributed by atoms with Crippen LogP contribution < -0.4 is 0 Å². The number of nitrogens with zero attached hydrogens (tertiary/aromatic N) is 2. The minimum absolute atomic E-state index is 0.151. The zero-order chi connectivity index (χ0) is 17.1. The van der Waals surface area contributed by atoms with Crippen molar-refractivity contribution >= 4 is 40.0 Å². The molecule has 0 radical (unpaired) electrons. The van der Waals surface area contributed by atoms with E-state index < -0.39 is 0 Å². The Hall–Kier alpha value is -2.29. The molecule has 0 saturated heterocycles. The lowest BCUT2D eigenvalue weighted by molar-refractivity contribution is -0.144. The Kier molecular flexibility index (Phi) is 4.73. The Morgan fingerprint density at radius 1 is 1.04 bits per heavy atom. The molecule has 0 atom stereocenters. The van der Waals surface area contributed by atoms with Crippen LogP contribution in [0.1, 0.15) is 11.4 Å². The monoisotopic (exact) mass is 388 g/mol. The lowest BCUT2D eigenvalue weighted by Gasteiger charge is -2.01. The average molecular weight is 388 g/mol. The van der Waals surface area contributed by atoms with Crippen LogP contribution in [0.15, 0.2) is 51.1 Å². The van der Waals surface area contributed by atoms with E-state index in [1.54, 1.807) is 17.6 Å². The van der Waals surface area contributed by atoms with Gasteiger partial charge in [-0.3, -0.25) is 4.79 Å². The number of carbonyl (C=O) groups excluding carboxylic acids is 1. The SMILES string of the molecule is O=C(Cc1csc(-c2cccs2)n1)OCc1csc(-c2ccco2)n1. The number of aromatic nitrogens is 2. The third-order valence-corrected chi connectivity index (χ3v) is 6.11. The summed E-state index contributed by atoms with van der Waals surface area (Å²) < 4.78 is 10.6. The molecule has 0 aliphatic rings. The fourth-order valence-electron chi connectivity index (χ4n) is 2.14. The van der Waals surface area contributed by atoms with Crippen LogP contribution in [0.25, 0.3) is 20.7 Å². The van der Waals surface area contributed by atoms with Gasteiger partial charge in [-0.25, -0.2) is 9.97 Å². The van der Waals surface area contributed by atoms with E-state index in [-0.39, 0.29) is 19.0 Å². The van der Waals surface area contributed by atoms with Gasteiger partial charge >= 0.3 is 5.97 Å². The van der Waals surface area contributed by atoms with Crippen molar-refractivity contribution in [2.45, 2.75) is 13.0 Å². The van der Waals surface area contributed by atoms with Crippen LogP contribution in [0, 0.1) is 0 Å². The first-order valence-electron chi connectivity index (χ1n) is 7.40. The molecule has 0 N–H and O–H groups in total. The van der Waals surface area contributed by atoms with Crippen molar-refractivity contribution in [3.05, 3.63) is 58.1 Å². The summed E-state index contributed by atoms with van der Waals surface area (Å²) in [4.78, 5) is 22.0. The first kappa shape index (κ1) is 16.2. The molecule has 4 aromatic heterocycles. The number of ether oxygens (including phenoxy) is 1. The van der Waals surface area contributed by atoms with Gasteiger partial charge in [0.15, 0.2) is 10.8 Å². The second-order valence-corrected chi connectivity index (χ2v) is 7.74. The minimum atomic E-state index is -0.310.